The number of aryl methyl sites for hydroxylation is 1. The lowest BCUT2D eigenvalue weighted by atomic mass is 9.75. The molecule has 180 valence electrons. The number of thiophene rings is 1. The third-order valence-corrected chi connectivity index (χ3v) is 11.1. The molecule has 0 aliphatic heterocycles. The smallest absolute Gasteiger partial charge is 0.254 e. The van der Waals surface area contributed by atoms with Crippen LogP contribution in [0.3, 0.4) is 0 Å². The molecule has 1 heterocycles. The summed E-state index contributed by atoms with van der Waals surface area (Å²) in [6, 6.07) is 2.99. The molecule has 2 aromatic rings. The van der Waals surface area contributed by atoms with Crippen molar-refractivity contribution in [2.75, 3.05) is 27.3 Å². The van der Waals surface area contributed by atoms with Crippen molar-refractivity contribution in [3.63, 3.8) is 0 Å². The molecular weight excluding hydrogens is 456 g/mol. The van der Waals surface area contributed by atoms with Gasteiger partial charge in [0.2, 0.25) is 6.04 Å². The minimum atomic E-state index is -1.87. The molecule has 1 aliphatic rings. The fourth-order valence-corrected chi connectivity index (χ4v) is 8.19. The lowest BCUT2D eigenvalue weighted by Crippen LogP contribution is -2.43. The lowest BCUT2D eigenvalue weighted by Gasteiger charge is -2.31. The summed E-state index contributed by atoms with van der Waals surface area (Å²) >= 11 is 1.59. The molecule has 0 bridgehead atoms. The third kappa shape index (κ3) is 4.66. The van der Waals surface area contributed by atoms with Crippen molar-refractivity contribution in [3.8, 4) is 11.5 Å². The highest BCUT2D eigenvalue weighted by Crippen LogP contribution is 2.45. The van der Waals surface area contributed by atoms with E-state index in [1.165, 1.54) is 0 Å². The predicted octanol–water partition coefficient (Wildman–Crippen LogP) is 4.52. The molecule has 3 rings (SSSR count). The highest BCUT2D eigenvalue weighted by atomic mass is 32.1. The molecule has 0 N–H and O–H groups in total. The molecule has 0 unspecified atom stereocenters. The van der Waals surface area contributed by atoms with Gasteiger partial charge in [-0.15, -0.1) is 0 Å². The summed E-state index contributed by atoms with van der Waals surface area (Å²) in [5.41, 5.74) is 3.33. The molecule has 2 atom stereocenters. The zero-order chi connectivity index (χ0) is 24.5. The minimum absolute atomic E-state index is 0.0247. The van der Waals surface area contributed by atoms with Crippen molar-refractivity contribution in [1.29, 1.82) is 0 Å². The summed E-state index contributed by atoms with van der Waals surface area (Å²) in [5.74, 6) is 0.618. The topological polar surface area (TPSA) is 81.9 Å². The zero-order valence-corrected chi connectivity index (χ0v) is 22.4. The highest BCUT2D eigenvalue weighted by molar-refractivity contribution is 7.25. The zero-order valence-electron chi connectivity index (χ0n) is 20.6. The van der Waals surface area contributed by atoms with Crippen LogP contribution in [0.1, 0.15) is 53.2 Å². The fourth-order valence-electron chi connectivity index (χ4n) is 4.76. The molecule has 1 aromatic heterocycles. The summed E-state index contributed by atoms with van der Waals surface area (Å²) in [7, 11) is 1.28. The molecule has 1 amide bonds. The van der Waals surface area contributed by atoms with E-state index in [0.29, 0.717) is 43.0 Å². The standard InChI is InChI=1S/C24H34N2O5SSi/c1-8-25(9-2)23(27)22-17(14-32-24(22)33(5,6)7)21-16-13-20(31-4)19(30-3)12-15(16)10-11-18(21)26(28)29/h12-14,18,21H,8-11H2,1-7H3/t18-,21+/m1/s1. The maximum absolute atomic E-state index is 13.8. The van der Waals surface area contributed by atoms with Gasteiger partial charge in [-0.3, -0.25) is 14.9 Å². The van der Waals surface area contributed by atoms with Crippen molar-refractivity contribution >= 4 is 29.8 Å². The Kier molecular flexibility index (Phi) is 7.53. The number of nitro groups is 1. The van der Waals surface area contributed by atoms with E-state index in [0.717, 1.165) is 21.2 Å². The fraction of sp³-hybridized carbons (Fsp3) is 0.542. The van der Waals surface area contributed by atoms with Gasteiger partial charge in [0.05, 0.1) is 33.8 Å². The van der Waals surface area contributed by atoms with Crippen molar-refractivity contribution < 1.29 is 19.2 Å². The van der Waals surface area contributed by atoms with Gasteiger partial charge < -0.3 is 14.4 Å². The van der Waals surface area contributed by atoms with Gasteiger partial charge in [0.15, 0.2) is 11.5 Å². The first-order valence-electron chi connectivity index (χ1n) is 11.4. The summed E-state index contributed by atoms with van der Waals surface area (Å²) < 4.78 is 12.1. The van der Waals surface area contributed by atoms with Crippen LogP contribution in [0.4, 0.5) is 0 Å². The molecule has 9 heteroatoms. The summed E-state index contributed by atoms with van der Waals surface area (Å²) in [4.78, 5) is 27.6. The Balaban J connectivity index is 2.31. The molecule has 0 fully saturated rings. The number of carbonyl (C=O) groups is 1. The van der Waals surface area contributed by atoms with Gasteiger partial charge in [-0.2, -0.15) is 11.3 Å². The van der Waals surface area contributed by atoms with Gasteiger partial charge in [0.25, 0.3) is 5.91 Å². The number of nitrogens with zero attached hydrogens (tertiary/aromatic N) is 2. The van der Waals surface area contributed by atoms with Crippen LogP contribution in [0.15, 0.2) is 17.5 Å². The SMILES string of the molecule is CCN(CC)C(=O)c1c([C@@H]2c3cc(OC)c(OC)cc3CC[C@H]2[N+](=O)[O-])csc1[Si](C)(C)C. The van der Waals surface area contributed by atoms with Gasteiger partial charge in [-0.05, 0) is 54.5 Å². The Bertz CT molecular complexity index is 1040. The first-order chi connectivity index (χ1) is 15.6. The van der Waals surface area contributed by atoms with Crippen LogP contribution in [0.2, 0.25) is 19.6 Å². The normalized spacial score (nSPS) is 17.9. The number of rotatable bonds is 8. The number of hydrogen-bond donors (Lipinski definition) is 0. The van der Waals surface area contributed by atoms with E-state index in [9.17, 15) is 14.9 Å². The molecule has 1 aromatic carbocycles. The van der Waals surface area contributed by atoms with Crippen LogP contribution >= 0.6 is 11.3 Å². The summed E-state index contributed by atoms with van der Waals surface area (Å²) in [6.07, 6.45) is 0.999. The highest BCUT2D eigenvalue weighted by Gasteiger charge is 2.43. The van der Waals surface area contributed by atoms with Crippen molar-refractivity contribution in [3.05, 3.63) is 49.9 Å². The largest absolute Gasteiger partial charge is 0.493 e. The maximum Gasteiger partial charge on any atom is 0.254 e. The average Bonchev–Trinajstić information content (AvgIpc) is 3.23. The lowest BCUT2D eigenvalue weighted by molar-refractivity contribution is -0.526. The molecule has 1 aliphatic carbocycles. The Morgan fingerprint density at radius 2 is 1.76 bits per heavy atom. The second kappa shape index (κ2) is 9.85. The first-order valence-corrected chi connectivity index (χ1v) is 15.8. The quantitative estimate of drug-likeness (QED) is 0.309. The van der Waals surface area contributed by atoms with E-state index in [-0.39, 0.29) is 10.8 Å². The van der Waals surface area contributed by atoms with E-state index in [2.05, 4.69) is 19.6 Å². The Morgan fingerprint density at radius 3 is 2.27 bits per heavy atom. The van der Waals surface area contributed by atoms with Gasteiger partial charge in [-0.25, -0.2) is 0 Å². The number of ether oxygens (including phenoxy) is 2. The first kappa shape index (κ1) is 25.2. The second-order valence-electron chi connectivity index (χ2n) is 9.40. The van der Waals surface area contributed by atoms with Crippen molar-refractivity contribution in [2.24, 2.45) is 0 Å². The van der Waals surface area contributed by atoms with E-state index in [1.807, 2.05) is 36.3 Å². The van der Waals surface area contributed by atoms with E-state index in [1.54, 1.807) is 25.6 Å². The van der Waals surface area contributed by atoms with Crippen LogP contribution in [-0.4, -0.2) is 57.2 Å². The van der Waals surface area contributed by atoms with Gasteiger partial charge in [0.1, 0.15) is 0 Å². The van der Waals surface area contributed by atoms with Crippen LogP contribution < -0.4 is 14.0 Å². The van der Waals surface area contributed by atoms with Gasteiger partial charge in [0, 0.05) is 28.9 Å². The second-order valence-corrected chi connectivity index (χ2v) is 15.6. The van der Waals surface area contributed by atoms with Crippen molar-refractivity contribution in [2.45, 2.75) is 58.3 Å². The van der Waals surface area contributed by atoms with Crippen molar-refractivity contribution in [1.82, 2.24) is 4.90 Å². The van der Waals surface area contributed by atoms with Crippen LogP contribution in [0.5, 0.6) is 11.5 Å². The van der Waals surface area contributed by atoms with Crippen LogP contribution in [-0.2, 0) is 6.42 Å². The third-order valence-electron chi connectivity index (χ3n) is 6.45. The Morgan fingerprint density at radius 1 is 1.15 bits per heavy atom. The summed E-state index contributed by atoms with van der Waals surface area (Å²) in [6.45, 7) is 11.8. The minimum Gasteiger partial charge on any atom is -0.493 e. The van der Waals surface area contributed by atoms with Gasteiger partial charge in [-0.1, -0.05) is 19.6 Å². The number of methoxy groups -OCH3 is 2. The molecule has 0 spiro atoms. The number of amides is 1. The number of benzene rings is 1. The predicted molar refractivity (Wildman–Crippen MR) is 135 cm³/mol. The molecular formula is C24H34N2O5SSi. The monoisotopic (exact) mass is 490 g/mol. The maximum atomic E-state index is 13.8. The Labute approximate surface area is 200 Å². The molecule has 0 radical (unpaired) electrons. The van der Waals surface area contributed by atoms with E-state index < -0.39 is 20.0 Å². The van der Waals surface area contributed by atoms with E-state index in [4.69, 9.17) is 9.47 Å². The Hall–Kier alpha value is -2.39. The van der Waals surface area contributed by atoms with Crippen LogP contribution in [0.25, 0.3) is 0 Å². The molecule has 0 saturated carbocycles. The average molecular weight is 491 g/mol. The molecule has 7 nitrogen and oxygen atoms in total. The number of hydrogen-bond acceptors (Lipinski definition) is 6. The van der Waals surface area contributed by atoms with Crippen LogP contribution in [0, 0.1) is 10.1 Å². The molecule has 33 heavy (non-hydrogen) atoms. The van der Waals surface area contributed by atoms with E-state index >= 15 is 0 Å². The number of carbonyl (C=O) groups excluding carboxylic acids is 1. The summed E-state index contributed by atoms with van der Waals surface area (Å²) in [5, 5.41) is 14.2. The number of fused-ring (bicyclic) bond motifs is 1. The van der Waals surface area contributed by atoms with Gasteiger partial charge >= 0.3 is 0 Å². The molecule has 0 saturated heterocycles.